The molecule has 0 bridgehead atoms. The van der Waals surface area contributed by atoms with Gasteiger partial charge >= 0.3 is 0 Å². The van der Waals surface area contributed by atoms with Crippen molar-refractivity contribution in [1.29, 1.82) is 0 Å². The van der Waals surface area contributed by atoms with Gasteiger partial charge in [-0.1, -0.05) is 84.9 Å². The Hall–Kier alpha value is -3.98. The number of fused-ring (bicyclic) bond motifs is 4. The molecule has 2 heterocycles. The van der Waals surface area contributed by atoms with Gasteiger partial charge in [-0.25, -0.2) is 4.40 Å². The van der Waals surface area contributed by atoms with Gasteiger partial charge in [-0.3, -0.25) is 9.59 Å². The SMILES string of the molecule is O=c1c2ccccc2c2cccc3c4cccc(-c5ccccc5)c4c(=O)n1c23. The van der Waals surface area contributed by atoms with Crippen LogP contribution in [0, 0.1) is 0 Å². The predicted molar refractivity (Wildman–Crippen MR) is 119 cm³/mol. The Morgan fingerprint density at radius 3 is 1.86 bits per heavy atom. The van der Waals surface area contributed by atoms with E-state index in [1.807, 2.05) is 84.9 Å². The lowest BCUT2D eigenvalue weighted by molar-refractivity contribution is 1.09. The number of aromatic nitrogens is 1. The van der Waals surface area contributed by atoms with Gasteiger partial charge in [0.05, 0.1) is 10.9 Å². The van der Waals surface area contributed by atoms with Gasteiger partial charge < -0.3 is 0 Å². The van der Waals surface area contributed by atoms with Crippen molar-refractivity contribution in [2.45, 2.75) is 0 Å². The molecule has 0 saturated heterocycles. The van der Waals surface area contributed by atoms with Crippen LogP contribution in [0.2, 0.25) is 0 Å². The third-order valence-corrected chi connectivity index (χ3v) is 5.77. The topological polar surface area (TPSA) is 38.5 Å². The van der Waals surface area contributed by atoms with E-state index in [-0.39, 0.29) is 11.1 Å². The zero-order valence-electron chi connectivity index (χ0n) is 15.4. The van der Waals surface area contributed by atoms with Crippen molar-refractivity contribution < 1.29 is 0 Å². The Labute approximate surface area is 165 Å². The first-order valence-corrected chi connectivity index (χ1v) is 9.56. The van der Waals surface area contributed by atoms with Gasteiger partial charge in [-0.05, 0) is 28.0 Å². The summed E-state index contributed by atoms with van der Waals surface area (Å²) in [6.45, 7) is 0. The van der Waals surface area contributed by atoms with Crippen LogP contribution in [0.25, 0.3) is 49.0 Å². The van der Waals surface area contributed by atoms with Crippen LogP contribution in [0.3, 0.4) is 0 Å². The number of hydrogen-bond acceptors (Lipinski definition) is 2. The fourth-order valence-electron chi connectivity index (χ4n) is 4.52. The molecule has 0 atom stereocenters. The molecule has 0 amide bonds. The Balaban J connectivity index is 1.97. The van der Waals surface area contributed by atoms with Crippen molar-refractivity contribution in [3.8, 4) is 11.1 Å². The molecule has 0 unspecified atom stereocenters. The number of hydrogen-bond donors (Lipinski definition) is 0. The summed E-state index contributed by atoms with van der Waals surface area (Å²) in [6.07, 6.45) is 0. The third kappa shape index (κ3) is 2.07. The number of rotatable bonds is 1. The molecule has 0 aliphatic rings. The van der Waals surface area contributed by atoms with Crippen LogP contribution in [-0.4, -0.2) is 4.40 Å². The van der Waals surface area contributed by atoms with Crippen LogP contribution in [-0.2, 0) is 0 Å². The minimum atomic E-state index is -0.265. The van der Waals surface area contributed by atoms with Crippen molar-refractivity contribution in [2.75, 3.05) is 0 Å². The fourth-order valence-corrected chi connectivity index (χ4v) is 4.52. The highest BCUT2D eigenvalue weighted by Crippen LogP contribution is 2.33. The predicted octanol–water partition coefficient (Wildman–Crippen LogP) is 5.22. The molecule has 6 rings (SSSR count). The average molecular weight is 373 g/mol. The second-order valence-corrected chi connectivity index (χ2v) is 7.29. The molecule has 0 fully saturated rings. The molecule has 0 aliphatic heterocycles. The summed E-state index contributed by atoms with van der Waals surface area (Å²) in [4.78, 5) is 27.1. The van der Waals surface area contributed by atoms with Gasteiger partial charge in [0.25, 0.3) is 11.1 Å². The molecular weight excluding hydrogens is 358 g/mol. The lowest BCUT2D eigenvalue weighted by atomic mass is 9.95. The van der Waals surface area contributed by atoms with E-state index in [1.165, 1.54) is 4.40 Å². The van der Waals surface area contributed by atoms with Crippen molar-refractivity contribution in [2.24, 2.45) is 0 Å². The van der Waals surface area contributed by atoms with Gasteiger partial charge in [-0.2, -0.15) is 0 Å². The van der Waals surface area contributed by atoms with E-state index in [1.54, 1.807) is 6.07 Å². The smallest absolute Gasteiger partial charge is 0.266 e. The summed E-state index contributed by atoms with van der Waals surface area (Å²) in [7, 11) is 0. The molecule has 3 nitrogen and oxygen atoms in total. The lowest BCUT2D eigenvalue weighted by Crippen LogP contribution is -2.27. The summed E-state index contributed by atoms with van der Waals surface area (Å²) in [6, 6.07) is 29.2. The quantitative estimate of drug-likeness (QED) is 0.293. The second kappa shape index (κ2) is 5.76. The van der Waals surface area contributed by atoms with Crippen molar-refractivity contribution in [3.63, 3.8) is 0 Å². The van der Waals surface area contributed by atoms with Crippen LogP contribution in [0.1, 0.15) is 0 Å². The molecular formula is C26H15NO2. The summed E-state index contributed by atoms with van der Waals surface area (Å²) < 4.78 is 1.36. The van der Waals surface area contributed by atoms with Gasteiger partial charge in [0.1, 0.15) is 0 Å². The maximum atomic E-state index is 13.7. The number of pyridine rings is 2. The van der Waals surface area contributed by atoms with E-state index in [2.05, 4.69) is 0 Å². The number of benzene rings is 4. The van der Waals surface area contributed by atoms with Crippen molar-refractivity contribution in [1.82, 2.24) is 4.40 Å². The normalized spacial score (nSPS) is 11.7. The van der Waals surface area contributed by atoms with Crippen molar-refractivity contribution in [3.05, 3.63) is 112 Å². The summed E-state index contributed by atoms with van der Waals surface area (Å²) >= 11 is 0. The first kappa shape index (κ1) is 16.0. The van der Waals surface area contributed by atoms with E-state index >= 15 is 0 Å². The van der Waals surface area contributed by atoms with Crippen LogP contribution in [0.4, 0.5) is 0 Å². The second-order valence-electron chi connectivity index (χ2n) is 7.29. The van der Waals surface area contributed by atoms with Gasteiger partial charge in [0.2, 0.25) is 0 Å². The average Bonchev–Trinajstić information content (AvgIpc) is 2.79. The first-order valence-electron chi connectivity index (χ1n) is 9.56. The molecule has 136 valence electrons. The first-order chi connectivity index (χ1) is 14.3. The monoisotopic (exact) mass is 373 g/mol. The van der Waals surface area contributed by atoms with Crippen LogP contribution >= 0.6 is 0 Å². The minimum absolute atomic E-state index is 0.265. The number of para-hydroxylation sites is 1. The Kier molecular flexibility index (Phi) is 3.18. The van der Waals surface area contributed by atoms with Gasteiger partial charge in [0, 0.05) is 16.2 Å². The van der Waals surface area contributed by atoms with Crippen LogP contribution < -0.4 is 11.1 Å². The van der Waals surface area contributed by atoms with E-state index in [9.17, 15) is 9.59 Å². The summed E-state index contributed by atoms with van der Waals surface area (Å²) in [5.41, 5.74) is 1.97. The van der Waals surface area contributed by atoms with Gasteiger partial charge in [0.15, 0.2) is 0 Å². The maximum absolute atomic E-state index is 13.7. The highest BCUT2D eigenvalue weighted by Gasteiger charge is 2.18. The molecule has 0 saturated carbocycles. The standard InChI is InChI=1S/C26H15NO2/c28-25-22-11-5-4-10-18(22)20-14-7-15-21-19-13-6-12-17(16-8-2-1-3-9-16)23(19)26(29)27(25)24(20)21/h1-15H. The molecule has 6 aromatic rings. The summed E-state index contributed by atoms with van der Waals surface area (Å²) in [5, 5.41) is 4.72. The molecule has 0 spiro atoms. The highest BCUT2D eigenvalue weighted by molar-refractivity contribution is 6.19. The fraction of sp³-hybridized carbons (Fsp3) is 0. The zero-order valence-corrected chi connectivity index (χ0v) is 15.4. The van der Waals surface area contributed by atoms with E-state index in [0.717, 1.165) is 32.7 Å². The van der Waals surface area contributed by atoms with Crippen molar-refractivity contribution >= 4 is 37.8 Å². The Bertz CT molecular complexity index is 1680. The zero-order chi connectivity index (χ0) is 19.5. The molecule has 29 heavy (non-hydrogen) atoms. The molecule has 3 heteroatoms. The maximum Gasteiger partial charge on any atom is 0.266 e. The highest BCUT2D eigenvalue weighted by atomic mass is 16.2. The molecule has 0 aliphatic carbocycles. The number of nitrogens with zero attached hydrogens (tertiary/aromatic N) is 1. The third-order valence-electron chi connectivity index (χ3n) is 5.77. The molecule has 0 N–H and O–H groups in total. The van der Waals surface area contributed by atoms with Gasteiger partial charge in [-0.15, -0.1) is 0 Å². The Morgan fingerprint density at radius 2 is 1.07 bits per heavy atom. The Morgan fingerprint density at radius 1 is 0.483 bits per heavy atom. The molecule has 4 aromatic carbocycles. The van der Waals surface area contributed by atoms with Crippen LogP contribution in [0.15, 0.2) is 101 Å². The van der Waals surface area contributed by atoms with Crippen LogP contribution in [0.5, 0.6) is 0 Å². The van der Waals surface area contributed by atoms with E-state index in [0.29, 0.717) is 16.3 Å². The molecule has 0 radical (unpaired) electrons. The lowest BCUT2D eigenvalue weighted by Gasteiger charge is -2.14. The van der Waals surface area contributed by atoms with E-state index in [4.69, 9.17) is 0 Å². The summed E-state index contributed by atoms with van der Waals surface area (Å²) in [5.74, 6) is 0. The largest absolute Gasteiger partial charge is 0.268 e. The minimum Gasteiger partial charge on any atom is -0.268 e. The van der Waals surface area contributed by atoms with E-state index < -0.39 is 0 Å². The molecule has 2 aromatic heterocycles.